The van der Waals surface area contributed by atoms with Crippen LogP contribution in [0.15, 0.2) is 46.9 Å². The highest BCUT2D eigenvalue weighted by Gasteiger charge is 2.01. The number of rotatable bonds is 5. The van der Waals surface area contributed by atoms with Crippen LogP contribution in [0.25, 0.3) is 0 Å². The van der Waals surface area contributed by atoms with E-state index in [4.69, 9.17) is 14.7 Å². The highest BCUT2D eigenvalue weighted by atomic mass is 79.9. The molecule has 0 N–H and O–H groups in total. The van der Waals surface area contributed by atoms with E-state index in [1.165, 1.54) is 0 Å². The van der Waals surface area contributed by atoms with E-state index in [-0.39, 0.29) is 0 Å². The van der Waals surface area contributed by atoms with Gasteiger partial charge >= 0.3 is 0 Å². The van der Waals surface area contributed by atoms with Gasteiger partial charge in [-0.15, -0.1) is 0 Å². The summed E-state index contributed by atoms with van der Waals surface area (Å²) in [6.45, 7) is 2.93. The molecule has 0 fully saturated rings. The molecule has 0 bridgehead atoms. The lowest BCUT2D eigenvalue weighted by Crippen LogP contribution is -2.09. The van der Waals surface area contributed by atoms with Gasteiger partial charge in [0.15, 0.2) is 0 Å². The first-order chi connectivity index (χ1) is 9.69. The summed E-state index contributed by atoms with van der Waals surface area (Å²) < 4.78 is 12.2. The van der Waals surface area contributed by atoms with E-state index >= 15 is 0 Å². The quantitative estimate of drug-likeness (QED) is 0.775. The Morgan fingerprint density at radius 2 is 1.75 bits per heavy atom. The SMILES string of the molecule is Cc1ccc(Br)cc1OCCOc1ccc(C#N)cc1. The lowest BCUT2D eigenvalue weighted by Gasteiger charge is -2.10. The van der Waals surface area contributed by atoms with E-state index in [0.29, 0.717) is 18.8 Å². The third-order valence-electron chi connectivity index (χ3n) is 2.74. The average molecular weight is 332 g/mol. The zero-order valence-electron chi connectivity index (χ0n) is 11.1. The first kappa shape index (κ1) is 14.4. The van der Waals surface area contributed by atoms with E-state index in [9.17, 15) is 0 Å². The van der Waals surface area contributed by atoms with Crippen LogP contribution < -0.4 is 9.47 Å². The summed E-state index contributed by atoms with van der Waals surface area (Å²) in [7, 11) is 0. The smallest absolute Gasteiger partial charge is 0.123 e. The minimum Gasteiger partial charge on any atom is -0.490 e. The van der Waals surface area contributed by atoms with E-state index in [1.54, 1.807) is 24.3 Å². The molecule has 0 aliphatic heterocycles. The maximum absolute atomic E-state index is 8.70. The zero-order valence-corrected chi connectivity index (χ0v) is 12.7. The Morgan fingerprint density at radius 1 is 1.05 bits per heavy atom. The molecule has 2 rings (SSSR count). The monoisotopic (exact) mass is 331 g/mol. The second kappa shape index (κ2) is 6.97. The maximum Gasteiger partial charge on any atom is 0.123 e. The topological polar surface area (TPSA) is 42.2 Å². The fourth-order valence-corrected chi connectivity index (χ4v) is 2.01. The highest BCUT2D eigenvalue weighted by Crippen LogP contribution is 2.22. The Morgan fingerprint density at radius 3 is 2.45 bits per heavy atom. The van der Waals surface area contributed by atoms with Gasteiger partial charge in [-0.05, 0) is 48.9 Å². The van der Waals surface area contributed by atoms with Crippen LogP contribution in [0.1, 0.15) is 11.1 Å². The van der Waals surface area contributed by atoms with Crippen LogP contribution in [0.2, 0.25) is 0 Å². The molecule has 2 aromatic rings. The van der Waals surface area contributed by atoms with Crippen molar-refractivity contribution in [2.45, 2.75) is 6.92 Å². The molecule has 102 valence electrons. The van der Waals surface area contributed by atoms with Crippen molar-refractivity contribution in [3.8, 4) is 17.6 Å². The van der Waals surface area contributed by atoms with Crippen molar-refractivity contribution in [1.29, 1.82) is 5.26 Å². The Bertz CT molecular complexity index is 617. The number of nitrogens with zero attached hydrogens (tertiary/aromatic N) is 1. The van der Waals surface area contributed by atoms with Gasteiger partial charge in [-0.1, -0.05) is 22.0 Å². The summed E-state index contributed by atoms with van der Waals surface area (Å²) in [6, 6.07) is 15.0. The van der Waals surface area contributed by atoms with E-state index in [1.807, 2.05) is 25.1 Å². The van der Waals surface area contributed by atoms with Crippen LogP contribution in [0, 0.1) is 18.3 Å². The fourth-order valence-electron chi connectivity index (χ4n) is 1.67. The van der Waals surface area contributed by atoms with Crippen LogP contribution in [0.3, 0.4) is 0 Å². The second-order valence-electron chi connectivity index (χ2n) is 4.24. The molecule has 0 saturated heterocycles. The Labute approximate surface area is 126 Å². The average Bonchev–Trinajstić information content (AvgIpc) is 2.47. The number of aryl methyl sites for hydroxylation is 1. The molecule has 0 aromatic heterocycles. The summed E-state index contributed by atoms with van der Waals surface area (Å²) in [5, 5.41) is 8.70. The number of nitriles is 1. The first-order valence-corrected chi connectivity index (χ1v) is 7.00. The van der Waals surface area contributed by atoms with Crippen molar-refractivity contribution in [2.75, 3.05) is 13.2 Å². The molecule has 0 aliphatic rings. The van der Waals surface area contributed by atoms with Gasteiger partial charge in [0, 0.05) is 4.47 Å². The highest BCUT2D eigenvalue weighted by molar-refractivity contribution is 9.10. The van der Waals surface area contributed by atoms with Gasteiger partial charge in [0.05, 0.1) is 11.6 Å². The maximum atomic E-state index is 8.70. The molecule has 0 unspecified atom stereocenters. The molecule has 0 aliphatic carbocycles. The number of halogens is 1. The van der Waals surface area contributed by atoms with Crippen molar-refractivity contribution in [1.82, 2.24) is 0 Å². The summed E-state index contributed by atoms with van der Waals surface area (Å²) in [6.07, 6.45) is 0. The van der Waals surface area contributed by atoms with E-state index < -0.39 is 0 Å². The van der Waals surface area contributed by atoms with E-state index in [2.05, 4.69) is 22.0 Å². The number of hydrogen-bond donors (Lipinski definition) is 0. The molecular formula is C16H14BrNO2. The largest absolute Gasteiger partial charge is 0.490 e. The molecule has 3 nitrogen and oxygen atoms in total. The molecule has 0 amide bonds. The van der Waals surface area contributed by atoms with Crippen LogP contribution in [0.5, 0.6) is 11.5 Å². The standard InChI is InChI=1S/C16H14BrNO2/c1-12-2-5-14(17)10-16(12)20-9-8-19-15-6-3-13(11-18)4-7-15/h2-7,10H,8-9H2,1H3. The third kappa shape index (κ3) is 4.01. The van der Waals surface area contributed by atoms with Gasteiger partial charge in [-0.2, -0.15) is 5.26 Å². The van der Waals surface area contributed by atoms with Gasteiger partial charge in [-0.3, -0.25) is 0 Å². The second-order valence-corrected chi connectivity index (χ2v) is 5.16. The van der Waals surface area contributed by atoms with Crippen LogP contribution in [0.4, 0.5) is 0 Å². The molecular weight excluding hydrogens is 318 g/mol. The van der Waals surface area contributed by atoms with Gasteiger partial charge in [0.2, 0.25) is 0 Å². The lowest BCUT2D eigenvalue weighted by molar-refractivity contribution is 0.216. The Kier molecular flexibility index (Phi) is 5.03. The Hall–Kier alpha value is -1.99. The first-order valence-electron chi connectivity index (χ1n) is 6.21. The van der Waals surface area contributed by atoms with Crippen molar-refractivity contribution >= 4 is 15.9 Å². The number of ether oxygens (including phenoxy) is 2. The molecule has 4 heteroatoms. The summed E-state index contributed by atoms with van der Waals surface area (Å²) >= 11 is 3.42. The van der Waals surface area contributed by atoms with Gasteiger partial charge in [0.25, 0.3) is 0 Å². The summed E-state index contributed by atoms with van der Waals surface area (Å²) in [5.74, 6) is 1.58. The van der Waals surface area contributed by atoms with E-state index in [0.717, 1.165) is 21.5 Å². The minimum absolute atomic E-state index is 0.456. The summed E-state index contributed by atoms with van der Waals surface area (Å²) in [4.78, 5) is 0. The van der Waals surface area contributed by atoms with Gasteiger partial charge < -0.3 is 9.47 Å². The lowest BCUT2D eigenvalue weighted by atomic mass is 10.2. The number of hydrogen-bond acceptors (Lipinski definition) is 3. The normalized spacial score (nSPS) is 9.85. The molecule has 0 atom stereocenters. The van der Waals surface area contributed by atoms with Crippen molar-refractivity contribution in [3.63, 3.8) is 0 Å². The number of benzene rings is 2. The van der Waals surface area contributed by atoms with Crippen LogP contribution in [-0.4, -0.2) is 13.2 Å². The van der Waals surface area contributed by atoms with Crippen LogP contribution >= 0.6 is 15.9 Å². The van der Waals surface area contributed by atoms with Crippen LogP contribution in [-0.2, 0) is 0 Å². The predicted octanol–water partition coefficient (Wildman–Crippen LogP) is 4.09. The molecule has 0 radical (unpaired) electrons. The van der Waals surface area contributed by atoms with Gasteiger partial charge in [-0.25, -0.2) is 0 Å². The van der Waals surface area contributed by atoms with Crippen molar-refractivity contribution in [3.05, 3.63) is 58.1 Å². The molecule has 0 saturated carbocycles. The van der Waals surface area contributed by atoms with Crippen molar-refractivity contribution < 1.29 is 9.47 Å². The predicted molar refractivity (Wildman–Crippen MR) is 81.0 cm³/mol. The third-order valence-corrected chi connectivity index (χ3v) is 3.24. The molecule has 0 spiro atoms. The molecule has 20 heavy (non-hydrogen) atoms. The summed E-state index contributed by atoms with van der Waals surface area (Å²) in [5.41, 5.74) is 1.71. The fraction of sp³-hybridized carbons (Fsp3) is 0.188. The minimum atomic E-state index is 0.456. The van der Waals surface area contributed by atoms with Crippen molar-refractivity contribution in [2.24, 2.45) is 0 Å². The molecule has 0 heterocycles. The van der Waals surface area contributed by atoms with Gasteiger partial charge in [0.1, 0.15) is 24.7 Å². The molecule has 2 aromatic carbocycles. The Balaban J connectivity index is 1.81. The zero-order chi connectivity index (χ0) is 14.4.